The topological polar surface area (TPSA) is 78.7 Å². The lowest BCUT2D eigenvalue weighted by atomic mass is 10.0. The Morgan fingerprint density at radius 2 is 1.64 bits per heavy atom. The standard InChI is InChI=1S/C21H26N4O3/c1-14-13-24(15(2)22-14)17-5-3-16(4-6-17)20(26)25(18-7-8-18)19-9-11-23(12-10-19)21(27)28/h3-6,13,18-19H,7-12H2,1-2H3,(H,27,28). The van der Waals surface area contributed by atoms with Gasteiger partial charge in [0.05, 0.1) is 5.69 Å². The number of likely N-dealkylation sites (tertiary alicyclic amines) is 1. The second kappa shape index (κ2) is 7.30. The van der Waals surface area contributed by atoms with Crippen molar-refractivity contribution >= 4 is 12.0 Å². The van der Waals surface area contributed by atoms with Gasteiger partial charge in [0, 0.05) is 42.6 Å². The number of amides is 2. The molecular formula is C21H26N4O3. The molecule has 1 N–H and O–H groups in total. The third kappa shape index (κ3) is 3.61. The molecule has 0 bridgehead atoms. The minimum absolute atomic E-state index is 0.0568. The second-order valence-corrected chi connectivity index (χ2v) is 7.79. The molecule has 1 aliphatic carbocycles. The molecule has 1 aromatic heterocycles. The number of hydrogen-bond acceptors (Lipinski definition) is 3. The van der Waals surface area contributed by atoms with Crippen LogP contribution in [0, 0.1) is 13.8 Å². The van der Waals surface area contributed by atoms with E-state index in [4.69, 9.17) is 5.11 Å². The largest absolute Gasteiger partial charge is 0.465 e. The van der Waals surface area contributed by atoms with Gasteiger partial charge >= 0.3 is 6.09 Å². The monoisotopic (exact) mass is 382 g/mol. The molecule has 2 aliphatic rings. The summed E-state index contributed by atoms with van der Waals surface area (Å²) in [6.45, 7) is 4.92. The summed E-state index contributed by atoms with van der Waals surface area (Å²) < 4.78 is 2.02. The van der Waals surface area contributed by atoms with Gasteiger partial charge in [0.15, 0.2) is 0 Å². The summed E-state index contributed by atoms with van der Waals surface area (Å²) >= 11 is 0. The smallest absolute Gasteiger partial charge is 0.407 e. The average molecular weight is 382 g/mol. The molecule has 0 spiro atoms. The van der Waals surface area contributed by atoms with Crippen molar-refractivity contribution in [3.8, 4) is 5.69 Å². The first-order valence-corrected chi connectivity index (χ1v) is 9.87. The van der Waals surface area contributed by atoms with E-state index in [2.05, 4.69) is 4.98 Å². The number of nitrogens with zero attached hydrogens (tertiary/aromatic N) is 4. The van der Waals surface area contributed by atoms with Crippen molar-refractivity contribution in [1.82, 2.24) is 19.4 Å². The zero-order valence-corrected chi connectivity index (χ0v) is 16.3. The summed E-state index contributed by atoms with van der Waals surface area (Å²) in [5.41, 5.74) is 2.64. The number of carboxylic acid groups (broad SMARTS) is 1. The van der Waals surface area contributed by atoms with E-state index in [1.54, 1.807) is 0 Å². The van der Waals surface area contributed by atoms with Gasteiger partial charge in [-0.2, -0.15) is 0 Å². The van der Waals surface area contributed by atoms with E-state index >= 15 is 0 Å². The molecule has 7 nitrogen and oxygen atoms in total. The quantitative estimate of drug-likeness (QED) is 0.880. The van der Waals surface area contributed by atoms with Crippen molar-refractivity contribution < 1.29 is 14.7 Å². The fraction of sp³-hybridized carbons (Fsp3) is 0.476. The fourth-order valence-electron chi connectivity index (χ4n) is 4.11. The van der Waals surface area contributed by atoms with Gasteiger partial charge in [-0.1, -0.05) is 0 Å². The highest BCUT2D eigenvalue weighted by molar-refractivity contribution is 5.95. The number of carbonyl (C=O) groups is 2. The van der Waals surface area contributed by atoms with Crippen LogP contribution in [0.25, 0.3) is 5.69 Å². The van der Waals surface area contributed by atoms with E-state index in [9.17, 15) is 9.59 Å². The van der Waals surface area contributed by atoms with Crippen LogP contribution in [0.2, 0.25) is 0 Å². The van der Waals surface area contributed by atoms with E-state index < -0.39 is 6.09 Å². The summed E-state index contributed by atoms with van der Waals surface area (Å²) in [6, 6.07) is 8.10. The fourth-order valence-corrected chi connectivity index (χ4v) is 4.11. The number of hydrogen-bond donors (Lipinski definition) is 1. The Morgan fingerprint density at radius 3 is 2.14 bits per heavy atom. The molecule has 1 saturated heterocycles. The van der Waals surface area contributed by atoms with Crippen molar-refractivity contribution in [2.45, 2.75) is 51.6 Å². The number of aryl methyl sites for hydroxylation is 2. The highest BCUT2D eigenvalue weighted by Gasteiger charge is 2.39. The first kappa shape index (κ1) is 18.5. The molecular weight excluding hydrogens is 356 g/mol. The molecule has 1 aliphatic heterocycles. The molecule has 2 aromatic rings. The Hall–Kier alpha value is -2.83. The van der Waals surface area contributed by atoms with Gasteiger partial charge < -0.3 is 19.5 Å². The lowest BCUT2D eigenvalue weighted by molar-refractivity contribution is 0.0551. The summed E-state index contributed by atoms with van der Waals surface area (Å²) in [5, 5.41) is 9.15. The molecule has 0 radical (unpaired) electrons. The predicted octanol–water partition coefficient (Wildman–Crippen LogP) is 3.24. The van der Waals surface area contributed by atoms with E-state index in [1.807, 2.05) is 53.8 Å². The summed E-state index contributed by atoms with van der Waals surface area (Å²) in [5.74, 6) is 0.975. The average Bonchev–Trinajstić information content (AvgIpc) is 3.45. The number of rotatable bonds is 4. The van der Waals surface area contributed by atoms with Gasteiger partial charge in [0.1, 0.15) is 5.82 Å². The van der Waals surface area contributed by atoms with Crippen molar-refractivity contribution in [3.63, 3.8) is 0 Å². The van der Waals surface area contributed by atoms with Gasteiger partial charge in [0.2, 0.25) is 0 Å². The molecule has 0 atom stereocenters. The lowest BCUT2D eigenvalue weighted by Crippen LogP contribution is -2.49. The third-order valence-electron chi connectivity index (χ3n) is 5.70. The molecule has 7 heteroatoms. The maximum Gasteiger partial charge on any atom is 0.407 e. The van der Waals surface area contributed by atoms with Gasteiger partial charge in [-0.05, 0) is 63.8 Å². The summed E-state index contributed by atoms with van der Waals surface area (Å²) in [6.07, 6.45) is 4.61. The van der Waals surface area contributed by atoms with Crippen molar-refractivity contribution in [2.75, 3.05) is 13.1 Å². The Kier molecular flexibility index (Phi) is 4.83. The van der Waals surface area contributed by atoms with E-state index in [-0.39, 0.29) is 11.9 Å². The molecule has 1 saturated carbocycles. The minimum atomic E-state index is -0.872. The van der Waals surface area contributed by atoms with Crippen LogP contribution in [0.15, 0.2) is 30.5 Å². The predicted molar refractivity (Wildman–Crippen MR) is 105 cm³/mol. The third-order valence-corrected chi connectivity index (χ3v) is 5.70. The summed E-state index contributed by atoms with van der Waals surface area (Å²) in [4.78, 5) is 32.3. The molecule has 4 rings (SSSR count). The van der Waals surface area contributed by atoms with Crippen molar-refractivity contribution in [1.29, 1.82) is 0 Å². The van der Waals surface area contributed by atoms with Gasteiger partial charge in [-0.3, -0.25) is 4.79 Å². The van der Waals surface area contributed by atoms with E-state index in [0.717, 1.165) is 30.0 Å². The van der Waals surface area contributed by atoms with Crippen LogP contribution < -0.4 is 0 Å². The molecule has 28 heavy (non-hydrogen) atoms. The zero-order valence-electron chi connectivity index (χ0n) is 16.3. The van der Waals surface area contributed by atoms with Gasteiger partial charge in [-0.15, -0.1) is 0 Å². The second-order valence-electron chi connectivity index (χ2n) is 7.79. The summed E-state index contributed by atoms with van der Waals surface area (Å²) in [7, 11) is 0. The first-order chi connectivity index (χ1) is 13.4. The first-order valence-electron chi connectivity index (χ1n) is 9.87. The number of piperidine rings is 1. The molecule has 0 unspecified atom stereocenters. The molecule has 2 amide bonds. The van der Waals surface area contributed by atoms with E-state index in [0.29, 0.717) is 37.5 Å². The number of aromatic nitrogens is 2. The van der Waals surface area contributed by atoms with Crippen molar-refractivity contribution in [3.05, 3.63) is 47.5 Å². The number of carbonyl (C=O) groups excluding carboxylic acids is 1. The molecule has 1 aromatic carbocycles. The molecule has 2 fully saturated rings. The van der Waals surface area contributed by atoms with Crippen LogP contribution in [0.3, 0.4) is 0 Å². The van der Waals surface area contributed by atoms with Crippen LogP contribution in [0.1, 0.15) is 47.6 Å². The SMILES string of the molecule is Cc1cn(-c2ccc(C(=O)N(C3CC3)C3CCN(C(=O)O)CC3)cc2)c(C)n1. The maximum absolute atomic E-state index is 13.2. The Morgan fingerprint density at radius 1 is 1.04 bits per heavy atom. The van der Waals surface area contributed by atoms with Gasteiger partial charge in [-0.25, -0.2) is 9.78 Å². The zero-order chi connectivity index (χ0) is 19.8. The minimum Gasteiger partial charge on any atom is -0.465 e. The van der Waals surface area contributed by atoms with Crippen LogP contribution in [0.5, 0.6) is 0 Å². The molecule has 148 valence electrons. The Bertz CT molecular complexity index is 878. The number of benzene rings is 1. The van der Waals surface area contributed by atoms with Gasteiger partial charge in [0.25, 0.3) is 5.91 Å². The lowest BCUT2D eigenvalue weighted by Gasteiger charge is -2.38. The van der Waals surface area contributed by atoms with E-state index in [1.165, 1.54) is 4.90 Å². The van der Waals surface area contributed by atoms with Crippen LogP contribution in [-0.4, -0.2) is 61.6 Å². The van der Waals surface area contributed by atoms with Crippen LogP contribution in [0.4, 0.5) is 4.79 Å². The van der Waals surface area contributed by atoms with Crippen molar-refractivity contribution in [2.24, 2.45) is 0 Å². The highest BCUT2D eigenvalue weighted by Crippen LogP contribution is 2.33. The highest BCUT2D eigenvalue weighted by atomic mass is 16.4. The maximum atomic E-state index is 13.2. The Balaban J connectivity index is 1.50. The normalized spacial score (nSPS) is 17.6. The van der Waals surface area contributed by atoms with Crippen LogP contribution >= 0.6 is 0 Å². The number of imidazole rings is 1. The Labute approximate surface area is 164 Å². The molecule has 2 heterocycles. The van der Waals surface area contributed by atoms with Crippen LogP contribution in [-0.2, 0) is 0 Å².